The molecule has 0 aliphatic heterocycles. The molecule has 0 atom stereocenters. The summed E-state index contributed by atoms with van der Waals surface area (Å²) in [4.78, 5) is 10.3. The predicted octanol–water partition coefficient (Wildman–Crippen LogP) is 2.96. The van der Waals surface area contributed by atoms with Crippen LogP contribution in [0.5, 0.6) is 0 Å². The van der Waals surface area contributed by atoms with E-state index in [0.29, 0.717) is 12.5 Å². The second kappa shape index (κ2) is 6.86. The Bertz CT molecular complexity index is 377. The van der Waals surface area contributed by atoms with E-state index in [1.165, 1.54) is 0 Å². The quantitative estimate of drug-likeness (QED) is 0.770. The maximum atomic E-state index is 10.3. The van der Waals surface area contributed by atoms with Gasteiger partial charge in [0.2, 0.25) is 0 Å². The second-order valence-corrected chi connectivity index (χ2v) is 4.32. The maximum absolute atomic E-state index is 10.3. The zero-order valence-corrected chi connectivity index (χ0v) is 10.2. The van der Waals surface area contributed by atoms with E-state index in [2.05, 4.69) is 13.8 Å². The molecular formula is C14H18O3. The highest BCUT2D eigenvalue weighted by Crippen LogP contribution is 2.08. The fourth-order valence-electron chi connectivity index (χ4n) is 1.30. The molecule has 0 saturated heterocycles. The molecule has 3 heteroatoms. The van der Waals surface area contributed by atoms with E-state index in [-0.39, 0.29) is 0 Å². The molecule has 0 radical (unpaired) electrons. The van der Waals surface area contributed by atoms with Crippen LogP contribution in [0.2, 0.25) is 0 Å². The Morgan fingerprint density at radius 2 is 2.00 bits per heavy atom. The van der Waals surface area contributed by atoms with E-state index in [0.717, 1.165) is 23.8 Å². The third-order valence-corrected chi connectivity index (χ3v) is 2.12. The fourth-order valence-corrected chi connectivity index (χ4v) is 1.30. The van der Waals surface area contributed by atoms with Gasteiger partial charge in [0.1, 0.15) is 0 Å². The minimum Gasteiger partial charge on any atom is -0.478 e. The fraction of sp³-hybridized carbons (Fsp3) is 0.357. The molecule has 1 aromatic rings. The molecule has 1 N–H and O–H groups in total. The molecule has 17 heavy (non-hydrogen) atoms. The maximum Gasteiger partial charge on any atom is 0.328 e. The van der Waals surface area contributed by atoms with Crippen molar-refractivity contribution in [2.24, 2.45) is 5.92 Å². The Labute approximate surface area is 102 Å². The third-order valence-electron chi connectivity index (χ3n) is 2.12. The summed E-state index contributed by atoms with van der Waals surface area (Å²) in [7, 11) is 0. The molecule has 0 heterocycles. The summed E-state index contributed by atoms with van der Waals surface area (Å²) in [6.07, 6.45) is 2.70. The van der Waals surface area contributed by atoms with E-state index in [4.69, 9.17) is 9.84 Å². The van der Waals surface area contributed by atoms with Gasteiger partial charge < -0.3 is 9.84 Å². The predicted molar refractivity (Wildman–Crippen MR) is 67.6 cm³/mol. The number of hydrogen-bond donors (Lipinski definition) is 1. The first-order valence-electron chi connectivity index (χ1n) is 5.65. The number of carboxylic acids is 1. The van der Waals surface area contributed by atoms with Crippen molar-refractivity contribution < 1.29 is 14.6 Å². The van der Waals surface area contributed by atoms with Gasteiger partial charge in [0.25, 0.3) is 0 Å². The number of ether oxygens (including phenoxy) is 1. The molecule has 0 bridgehead atoms. The van der Waals surface area contributed by atoms with E-state index >= 15 is 0 Å². The SMILES string of the molecule is CC(C)COCc1ccc(/C=C/C(=O)O)cc1. The van der Waals surface area contributed by atoms with Crippen molar-refractivity contribution in [1.29, 1.82) is 0 Å². The van der Waals surface area contributed by atoms with Gasteiger partial charge in [-0.2, -0.15) is 0 Å². The molecule has 1 aromatic carbocycles. The summed E-state index contributed by atoms with van der Waals surface area (Å²) in [6, 6.07) is 7.66. The van der Waals surface area contributed by atoms with Crippen molar-refractivity contribution in [2.75, 3.05) is 6.61 Å². The van der Waals surface area contributed by atoms with Gasteiger partial charge in [-0.1, -0.05) is 38.1 Å². The first-order valence-corrected chi connectivity index (χ1v) is 5.65. The lowest BCUT2D eigenvalue weighted by atomic mass is 10.1. The highest BCUT2D eigenvalue weighted by Gasteiger charge is 1.96. The van der Waals surface area contributed by atoms with Gasteiger partial charge in [0, 0.05) is 12.7 Å². The molecule has 3 nitrogen and oxygen atoms in total. The number of aliphatic carboxylic acids is 1. The summed E-state index contributed by atoms with van der Waals surface area (Å²) >= 11 is 0. The van der Waals surface area contributed by atoms with Gasteiger partial charge in [0.05, 0.1) is 6.61 Å². The van der Waals surface area contributed by atoms with Gasteiger partial charge in [-0.3, -0.25) is 0 Å². The Morgan fingerprint density at radius 1 is 1.35 bits per heavy atom. The molecule has 0 amide bonds. The monoisotopic (exact) mass is 234 g/mol. The zero-order valence-electron chi connectivity index (χ0n) is 10.2. The van der Waals surface area contributed by atoms with E-state index in [9.17, 15) is 4.79 Å². The van der Waals surface area contributed by atoms with Crippen LogP contribution in [0.3, 0.4) is 0 Å². The molecular weight excluding hydrogens is 216 g/mol. The van der Waals surface area contributed by atoms with Crippen LogP contribution >= 0.6 is 0 Å². The normalized spacial score (nSPS) is 11.2. The van der Waals surface area contributed by atoms with Gasteiger partial charge in [-0.05, 0) is 23.1 Å². The largest absolute Gasteiger partial charge is 0.478 e. The minimum atomic E-state index is -0.936. The average Bonchev–Trinajstić information content (AvgIpc) is 2.27. The van der Waals surface area contributed by atoms with Crippen LogP contribution in [0.1, 0.15) is 25.0 Å². The zero-order chi connectivity index (χ0) is 12.7. The summed E-state index contributed by atoms with van der Waals surface area (Å²) < 4.78 is 5.51. The molecule has 1 rings (SSSR count). The van der Waals surface area contributed by atoms with Crippen molar-refractivity contribution in [1.82, 2.24) is 0 Å². The Kier molecular flexibility index (Phi) is 5.43. The average molecular weight is 234 g/mol. The molecule has 92 valence electrons. The van der Waals surface area contributed by atoms with Gasteiger partial charge in [0.15, 0.2) is 0 Å². The van der Waals surface area contributed by atoms with Crippen molar-refractivity contribution >= 4 is 12.0 Å². The summed E-state index contributed by atoms with van der Waals surface area (Å²) in [5.74, 6) is -0.401. The molecule has 0 unspecified atom stereocenters. The second-order valence-electron chi connectivity index (χ2n) is 4.32. The molecule has 0 aromatic heterocycles. The minimum absolute atomic E-state index is 0.535. The summed E-state index contributed by atoms with van der Waals surface area (Å²) in [5.41, 5.74) is 1.97. The lowest BCUT2D eigenvalue weighted by Crippen LogP contribution is -2.01. The van der Waals surface area contributed by atoms with E-state index in [1.54, 1.807) is 6.08 Å². The number of rotatable bonds is 6. The highest BCUT2D eigenvalue weighted by atomic mass is 16.5. The van der Waals surface area contributed by atoms with Gasteiger partial charge >= 0.3 is 5.97 Å². The number of carboxylic acid groups (broad SMARTS) is 1. The number of hydrogen-bond acceptors (Lipinski definition) is 2. The van der Waals surface area contributed by atoms with Crippen molar-refractivity contribution in [3.63, 3.8) is 0 Å². The van der Waals surface area contributed by atoms with Crippen LogP contribution < -0.4 is 0 Å². The smallest absolute Gasteiger partial charge is 0.328 e. The van der Waals surface area contributed by atoms with Crippen LogP contribution in [0.25, 0.3) is 6.08 Å². The van der Waals surface area contributed by atoms with Crippen LogP contribution in [-0.2, 0) is 16.1 Å². The first-order chi connectivity index (χ1) is 8.08. The number of carbonyl (C=O) groups is 1. The lowest BCUT2D eigenvalue weighted by Gasteiger charge is -2.06. The molecule has 0 spiro atoms. The lowest BCUT2D eigenvalue weighted by molar-refractivity contribution is -0.131. The van der Waals surface area contributed by atoms with Crippen molar-refractivity contribution in [3.05, 3.63) is 41.5 Å². The summed E-state index contributed by atoms with van der Waals surface area (Å²) in [6.45, 7) is 5.57. The molecule has 0 aliphatic carbocycles. The Hall–Kier alpha value is -1.61. The first kappa shape index (κ1) is 13.5. The van der Waals surface area contributed by atoms with Gasteiger partial charge in [-0.25, -0.2) is 4.79 Å². The molecule has 0 fully saturated rings. The van der Waals surface area contributed by atoms with Crippen LogP contribution in [0.4, 0.5) is 0 Å². The van der Waals surface area contributed by atoms with Crippen molar-refractivity contribution in [3.8, 4) is 0 Å². The third kappa shape index (κ3) is 5.88. The van der Waals surface area contributed by atoms with Crippen LogP contribution in [-0.4, -0.2) is 17.7 Å². The van der Waals surface area contributed by atoms with Crippen LogP contribution in [0.15, 0.2) is 30.3 Å². The van der Waals surface area contributed by atoms with E-state index < -0.39 is 5.97 Å². The Balaban J connectivity index is 2.47. The number of benzene rings is 1. The Morgan fingerprint density at radius 3 is 2.53 bits per heavy atom. The summed E-state index contributed by atoms with van der Waals surface area (Å²) in [5, 5.41) is 8.49. The molecule has 0 aliphatic rings. The highest BCUT2D eigenvalue weighted by molar-refractivity contribution is 5.85. The topological polar surface area (TPSA) is 46.5 Å². The standard InChI is InChI=1S/C14H18O3/c1-11(2)9-17-10-13-5-3-12(4-6-13)7-8-14(15)16/h3-8,11H,9-10H2,1-2H3,(H,15,16)/b8-7+. The van der Waals surface area contributed by atoms with Crippen LogP contribution in [0, 0.1) is 5.92 Å². The van der Waals surface area contributed by atoms with E-state index in [1.807, 2.05) is 24.3 Å². The van der Waals surface area contributed by atoms with Gasteiger partial charge in [-0.15, -0.1) is 0 Å². The molecule has 0 saturated carbocycles. The van der Waals surface area contributed by atoms with Crippen molar-refractivity contribution in [2.45, 2.75) is 20.5 Å².